The summed E-state index contributed by atoms with van der Waals surface area (Å²) in [5, 5.41) is 4.41. The third kappa shape index (κ3) is 7.97. The molecule has 3 rings (SSSR count). The summed E-state index contributed by atoms with van der Waals surface area (Å²) in [6.45, 7) is 3.41. The van der Waals surface area contributed by atoms with E-state index >= 15 is 0 Å². The first-order valence-electron chi connectivity index (χ1n) is 9.42. The summed E-state index contributed by atoms with van der Waals surface area (Å²) in [6, 6.07) is 11.3. The molecule has 1 aliphatic rings. The van der Waals surface area contributed by atoms with Crippen molar-refractivity contribution in [3.8, 4) is 11.5 Å². The van der Waals surface area contributed by atoms with Gasteiger partial charge in [-0.25, -0.2) is 5.43 Å². The number of halogens is 3. The number of ether oxygens (including phenoxy) is 3. The Morgan fingerprint density at radius 1 is 1.29 bits per heavy atom. The first-order chi connectivity index (χ1) is 14.5. The number of nitrogens with one attached hydrogen (secondary N) is 1. The lowest BCUT2D eigenvalue weighted by atomic mass is 10.2. The molecule has 1 amide bonds. The van der Waals surface area contributed by atoms with Crippen LogP contribution in [0.3, 0.4) is 0 Å². The van der Waals surface area contributed by atoms with E-state index in [4.69, 9.17) is 25.8 Å². The number of carbonyl (C=O) groups excluding carboxylic acids is 1. The molecule has 168 valence electrons. The summed E-state index contributed by atoms with van der Waals surface area (Å²) in [7, 11) is 1.54. The maximum atomic E-state index is 12.0. The molecule has 0 aliphatic carbocycles. The lowest BCUT2D eigenvalue weighted by Gasteiger charge is -2.25. The highest BCUT2D eigenvalue weighted by Gasteiger charge is 2.14. The maximum Gasteiger partial charge on any atom is 0.254 e. The number of methoxy groups -OCH3 is 1. The Morgan fingerprint density at radius 3 is 2.68 bits per heavy atom. The Balaban J connectivity index is 0.00000341. The Hall–Kier alpha value is -1.84. The predicted octanol–water partition coefficient (Wildman–Crippen LogP) is 3.89. The second-order valence-corrected chi connectivity index (χ2v) is 7.95. The SMILES string of the molecule is COc1cc(/C=N/NC(=O)CN2CCOCC2)cc(Cl)c1OCc1ccc(Br)cc1.Cl. The van der Waals surface area contributed by atoms with E-state index in [2.05, 4.69) is 26.5 Å². The fraction of sp³-hybridized carbons (Fsp3) is 0.333. The van der Waals surface area contributed by atoms with Gasteiger partial charge in [-0.15, -0.1) is 12.4 Å². The molecule has 7 nitrogen and oxygen atoms in total. The van der Waals surface area contributed by atoms with Crippen molar-refractivity contribution in [1.82, 2.24) is 10.3 Å². The second-order valence-electron chi connectivity index (χ2n) is 6.63. The molecule has 0 atom stereocenters. The third-order valence-electron chi connectivity index (χ3n) is 4.42. The topological polar surface area (TPSA) is 72.4 Å². The van der Waals surface area contributed by atoms with E-state index in [0.29, 0.717) is 41.9 Å². The molecule has 10 heteroatoms. The Morgan fingerprint density at radius 2 is 2.00 bits per heavy atom. The van der Waals surface area contributed by atoms with Crippen molar-refractivity contribution in [2.75, 3.05) is 40.0 Å². The number of hydrazone groups is 1. The predicted molar refractivity (Wildman–Crippen MR) is 127 cm³/mol. The van der Waals surface area contributed by atoms with E-state index in [1.807, 2.05) is 29.2 Å². The van der Waals surface area contributed by atoms with Crippen LogP contribution >= 0.6 is 39.9 Å². The molecule has 1 saturated heterocycles. The molecule has 1 heterocycles. The molecule has 0 bridgehead atoms. The lowest BCUT2D eigenvalue weighted by Crippen LogP contribution is -2.42. The fourth-order valence-corrected chi connectivity index (χ4v) is 3.41. The van der Waals surface area contributed by atoms with Gasteiger partial charge in [0.1, 0.15) is 6.61 Å². The van der Waals surface area contributed by atoms with Crippen LogP contribution in [0.15, 0.2) is 46.0 Å². The van der Waals surface area contributed by atoms with Crippen LogP contribution in [-0.4, -0.2) is 57.0 Å². The summed E-state index contributed by atoms with van der Waals surface area (Å²) < 4.78 is 17.6. The van der Waals surface area contributed by atoms with Gasteiger partial charge in [0, 0.05) is 17.6 Å². The van der Waals surface area contributed by atoms with Crippen molar-refractivity contribution in [1.29, 1.82) is 0 Å². The highest BCUT2D eigenvalue weighted by atomic mass is 79.9. The Labute approximate surface area is 201 Å². The van der Waals surface area contributed by atoms with Crippen molar-refractivity contribution in [2.24, 2.45) is 5.10 Å². The zero-order valence-corrected chi connectivity index (χ0v) is 20.1. The van der Waals surface area contributed by atoms with Crippen LogP contribution in [-0.2, 0) is 16.1 Å². The van der Waals surface area contributed by atoms with Gasteiger partial charge in [-0.2, -0.15) is 5.10 Å². The first-order valence-corrected chi connectivity index (χ1v) is 10.6. The number of hydrogen-bond donors (Lipinski definition) is 1. The molecule has 1 aliphatic heterocycles. The van der Waals surface area contributed by atoms with E-state index in [9.17, 15) is 4.79 Å². The van der Waals surface area contributed by atoms with E-state index in [-0.39, 0.29) is 24.9 Å². The molecular formula is C21H24BrCl2N3O4. The standard InChI is InChI=1S/C21H23BrClN3O4.ClH/c1-28-19-11-16(12-24-25-20(27)13-26-6-8-29-9-7-26)10-18(23)21(19)30-14-15-2-4-17(22)5-3-15;/h2-5,10-12H,6-9,13-14H2,1H3,(H,25,27);1H/b24-12+;. The van der Waals surface area contributed by atoms with Gasteiger partial charge in [0.2, 0.25) is 0 Å². The molecule has 2 aromatic carbocycles. The molecule has 0 spiro atoms. The second kappa shape index (κ2) is 12.9. The minimum atomic E-state index is -0.180. The van der Waals surface area contributed by atoms with Crippen LogP contribution in [0.4, 0.5) is 0 Å². The van der Waals surface area contributed by atoms with Crippen LogP contribution in [0.25, 0.3) is 0 Å². The van der Waals surface area contributed by atoms with Crippen molar-refractivity contribution < 1.29 is 19.0 Å². The van der Waals surface area contributed by atoms with Gasteiger partial charge in [-0.3, -0.25) is 9.69 Å². The van der Waals surface area contributed by atoms with E-state index in [1.54, 1.807) is 19.2 Å². The molecule has 0 saturated carbocycles. The van der Waals surface area contributed by atoms with Crippen molar-refractivity contribution >= 4 is 52.1 Å². The summed E-state index contributed by atoms with van der Waals surface area (Å²) in [5.74, 6) is 0.761. The zero-order valence-electron chi connectivity index (χ0n) is 17.0. The lowest BCUT2D eigenvalue weighted by molar-refractivity contribution is -0.123. The summed E-state index contributed by atoms with van der Waals surface area (Å²) in [4.78, 5) is 14.0. The van der Waals surface area contributed by atoms with Gasteiger partial charge in [-0.05, 0) is 35.4 Å². The summed E-state index contributed by atoms with van der Waals surface area (Å²) in [5.41, 5.74) is 4.21. The molecule has 2 aromatic rings. The number of benzene rings is 2. The molecule has 31 heavy (non-hydrogen) atoms. The third-order valence-corrected chi connectivity index (χ3v) is 5.23. The first kappa shape index (κ1) is 25.4. The largest absolute Gasteiger partial charge is 0.493 e. The number of hydrogen-bond acceptors (Lipinski definition) is 6. The van der Waals surface area contributed by atoms with Crippen LogP contribution in [0.2, 0.25) is 5.02 Å². The highest BCUT2D eigenvalue weighted by molar-refractivity contribution is 9.10. The molecule has 0 unspecified atom stereocenters. The molecule has 1 fully saturated rings. The van der Waals surface area contributed by atoms with Gasteiger partial charge < -0.3 is 14.2 Å². The summed E-state index contributed by atoms with van der Waals surface area (Å²) in [6.07, 6.45) is 1.52. The Bertz CT molecular complexity index is 891. The average Bonchev–Trinajstić information content (AvgIpc) is 2.74. The van der Waals surface area contributed by atoms with Crippen molar-refractivity contribution in [2.45, 2.75) is 6.61 Å². The summed E-state index contributed by atoms with van der Waals surface area (Å²) >= 11 is 9.81. The van der Waals surface area contributed by atoms with Gasteiger partial charge in [0.15, 0.2) is 11.5 Å². The van der Waals surface area contributed by atoms with Crippen LogP contribution < -0.4 is 14.9 Å². The number of carbonyl (C=O) groups is 1. The molecule has 0 aromatic heterocycles. The van der Waals surface area contributed by atoms with E-state index < -0.39 is 0 Å². The smallest absolute Gasteiger partial charge is 0.254 e. The van der Waals surface area contributed by atoms with Gasteiger partial charge >= 0.3 is 0 Å². The van der Waals surface area contributed by atoms with E-state index in [1.165, 1.54) is 6.21 Å². The number of morpholine rings is 1. The van der Waals surface area contributed by atoms with Gasteiger partial charge in [0.25, 0.3) is 5.91 Å². The number of rotatable bonds is 8. The quantitative estimate of drug-likeness (QED) is 0.412. The number of amides is 1. The van der Waals surface area contributed by atoms with Crippen molar-refractivity contribution in [3.05, 3.63) is 57.0 Å². The average molecular weight is 533 g/mol. The van der Waals surface area contributed by atoms with Crippen LogP contribution in [0.1, 0.15) is 11.1 Å². The van der Waals surface area contributed by atoms with E-state index in [0.717, 1.165) is 23.1 Å². The van der Waals surface area contributed by atoms with Crippen molar-refractivity contribution in [3.63, 3.8) is 0 Å². The minimum Gasteiger partial charge on any atom is -0.493 e. The molecular weight excluding hydrogens is 509 g/mol. The minimum absolute atomic E-state index is 0. The molecule has 0 radical (unpaired) electrons. The van der Waals surface area contributed by atoms with Gasteiger partial charge in [-0.1, -0.05) is 39.7 Å². The number of nitrogens with zero attached hydrogens (tertiary/aromatic N) is 2. The monoisotopic (exact) mass is 531 g/mol. The zero-order chi connectivity index (χ0) is 21.3. The maximum absolute atomic E-state index is 12.0. The Kier molecular flexibility index (Phi) is 10.6. The normalized spacial score (nSPS) is 14.2. The molecule has 1 N–H and O–H groups in total. The van der Waals surface area contributed by atoms with Crippen LogP contribution in [0, 0.1) is 0 Å². The fourth-order valence-electron chi connectivity index (χ4n) is 2.87. The highest BCUT2D eigenvalue weighted by Crippen LogP contribution is 2.36. The van der Waals surface area contributed by atoms with Crippen LogP contribution in [0.5, 0.6) is 11.5 Å². The van der Waals surface area contributed by atoms with Gasteiger partial charge in [0.05, 0.1) is 38.1 Å².